The van der Waals surface area contributed by atoms with Crippen molar-refractivity contribution in [2.75, 3.05) is 20.3 Å². The number of rotatable bonds is 6. The highest BCUT2D eigenvalue weighted by Gasteiger charge is 2.27. The van der Waals surface area contributed by atoms with Crippen LogP contribution in [-0.2, 0) is 4.74 Å². The predicted octanol–water partition coefficient (Wildman–Crippen LogP) is 5.04. The number of hydrogen-bond acceptors (Lipinski definition) is 4. The van der Waals surface area contributed by atoms with Gasteiger partial charge in [-0.15, -0.1) is 12.4 Å². The van der Waals surface area contributed by atoms with E-state index in [-0.39, 0.29) is 24.9 Å². The number of nitrogens with two attached hydrogens (primary N) is 1. The molecular weight excluding hydrogens is 495 g/mol. The third-order valence-electron chi connectivity index (χ3n) is 4.92. The third-order valence-corrected chi connectivity index (χ3v) is 5.48. The van der Waals surface area contributed by atoms with E-state index in [4.69, 9.17) is 33.7 Å². The van der Waals surface area contributed by atoms with Crippen molar-refractivity contribution < 1.29 is 9.53 Å². The van der Waals surface area contributed by atoms with Crippen LogP contribution in [0.25, 0.3) is 16.9 Å². The van der Waals surface area contributed by atoms with Crippen molar-refractivity contribution in [1.82, 2.24) is 15.1 Å². The van der Waals surface area contributed by atoms with Gasteiger partial charge >= 0.3 is 0 Å². The molecule has 0 unspecified atom stereocenters. The molecule has 1 heterocycles. The number of halogens is 3. The monoisotopic (exact) mass is 520 g/mol. The fraction of sp³-hybridized carbons (Fsp3) is 0.280. The van der Waals surface area contributed by atoms with Gasteiger partial charge in [0, 0.05) is 28.8 Å². The lowest BCUT2D eigenvalue weighted by atomic mass is 10.0. The third kappa shape index (κ3) is 6.32. The summed E-state index contributed by atoms with van der Waals surface area (Å²) in [5, 5.41) is 8.72. The molecule has 3 rings (SSSR count). The Morgan fingerprint density at radius 1 is 1.21 bits per heavy atom. The Hall–Kier alpha value is -2.53. The largest absolute Gasteiger partial charge is 0.382 e. The smallest absolute Gasteiger partial charge is 0.272 e. The summed E-state index contributed by atoms with van der Waals surface area (Å²) in [4.78, 5) is 13.2. The molecule has 0 aliphatic rings. The molecule has 2 aromatic carbocycles. The molecule has 0 saturated heterocycles. The molecule has 180 valence electrons. The SMILES string of the molecule is COCC(C)(C)NC(=O)c1nn(-c2ccc(C#CCN)cc2Cl)c(-c2ccc(Cl)cc2)c1C.Cl. The topological polar surface area (TPSA) is 82.2 Å². The number of aromatic nitrogens is 2. The first kappa shape index (κ1) is 27.7. The Morgan fingerprint density at radius 3 is 2.47 bits per heavy atom. The number of ether oxygens (including phenoxy) is 1. The maximum atomic E-state index is 13.2. The number of carbonyl (C=O) groups excluding carboxylic acids is 1. The Morgan fingerprint density at radius 2 is 1.88 bits per heavy atom. The maximum absolute atomic E-state index is 13.2. The average Bonchev–Trinajstić information content (AvgIpc) is 3.09. The zero-order valence-electron chi connectivity index (χ0n) is 19.4. The molecule has 3 N–H and O–H groups in total. The molecule has 1 aromatic heterocycles. The summed E-state index contributed by atoms with van der Waals surface area (Å²) in [5.74, 6) is 5.48. The minimum Gasteiger partial charge on any atom is -0.382 e. The summed E-state index contributed by atoms with van der Waals surface area (Å²) in [6.45, 7) is 6.26. The van der Waals surface area contributed by atoms with Gasteiger partial charge in [0.25, 0.3) is 5.91 Å². The Kier molecular flexibility index (Phi) is 9.57. The number of carbonyl (C=O) groups is 1. The van der Waals surface area contributed by atoms with Crippen LogP contribution in [0.3, 0.4) is 0 Å². The fourth-order valence-corrected chi connectivity index (χ4v) is 3.89. The number of nitrogens with one attached hydrogen (secondary N) is 1. The van der Waals surface area contributed by atoms with Gasteiger partial charge in [-0.05, 0) is 51.1 Å². The Balaban J connectivity index is 0.00000408. The van der Waals surface area contributed by atoms with Crippen molar-refractivity contribution in [3.63, 3.8) is 0 Å². The lowest BCUT2D eigenvalue weighted by Crippen LogP contribution is -2.47. The standard InChI is InChI=1S/C25H26Cl2N4O2.ClH/c1-16-22(24(32)29-25(2,3)15-33-4)30-31(23(16)18-8-10-19(26)11-9-18)21-12-7-17(6-5-13-28)14-20(21)27;/h7-12,14H,13,15,28H2,1-4H3,(H,29,32);1H. The highest BCUT2D eigenvalue weighted by atomic mass is 35.5. The second-order valence-electron chi connectivity index (χ2n) is 8.18. The van der Waals surface area contributed by atoms with Gasteiger partial charge in [0.2, 0.25) is 0 Å². The molecule has 0 bridgehead atoms. The van der Waals surface area contributed by atoms with Crippen molar-refractivity contribution in [2.24, 2.45) is 5.73 Å². The number of methoxy groups -OCH3 is 1. The molecule has 0 saturated carbocycles. The van der Waals surface area contributed by atoms with Crippen LogP contribution in [0.15, 0.2) is 42.5 Å². The van der Waals surface area contributed by atoms with E-state index in [1.807, 2.05) is 45.0 Å². The van der Waals surface area contributed by atoms with E-state index in [9.17, 15) is 4.79 Å². The van der Waals surface area contributed by atoms with Crippen molar-refractivity contribution in [3.05, 3.63) is 69.3 Å². The minimum atomic E-state index is -0.566. The zero-order valence-corrected chi connectivity index (χ0v) is 21.7. The van der Waals surface area contributed by atoms with Gasteiger partial charge in [0.1, 0.15) is 0 Å². The molecular formula is C25H27Cl3N4O2. The summed E-state index contributed by atoms with van der Waals surface area (Å²) in [6.07, 6.45) is 0. The van der Waals surface area contributed by atoms with Crippen molar-refractivity contribution in [2.45, 2.75) is 26.3 Å². The van der Waals surface area contributed by atoms with E-state index in [1.165, 1.54) is 0 Å². The number of benzene rings is 2. The van der Waals surface area contributed by atoms with Crippen molar-refractivity contribution >= 4 is 41.5 Å². The van der Waals surface area contributed by atoms with Gasteiger partial charge < -0.3 is 15.8 Å². The lowest BCUT2D eigenvalue weighted by molar-refractivity contribution is 0.0814. The molecule has 0 fully saturated rings. The van der Waals surface area contributed by atoms with Gasteiger partial charge in [-0.25, -0.2) is 4.68 Å². The summed E-state index contributed by atoms with van der Waals surface area (Å²) in [5.41, 5.74) is 8.87. The summed E-state index contributed by atoms with van der Waals surface area (Å²) >= 11 is 12.7. The molecule has 0 aliphatic carbocycles. The Labute approximate surface area is 216 Å². The van der Waals surface area contributed by atoms with Crippen LogP contribution in [0.4, 0.5) is 0 Å². The molecule has 3 aromatic rings. The van der Waals surface area contributed by atoms with E-state index in [0.717, 1.165) is 16.8 Å². The van der Waals surface area contributed by atoms with Crippen LogP contribution in [0.5, 0.6) is 0 Å². The van der Waals surface area contributed by atoms with Gasteiger partial charge in [-0.3, -0.25) is 4.79 Å². The van der Waals surface area contributed by atoms with Gasteiger partial charge in [-0.2, -0.15) is 5.10 Å². The van der Waals surface area contributed by atoms with Crippen molar-refractivity contribution in [1.29, 1.82) is 0 Å². The first-order valence-corrected chi connectivity index (χ1v) is 11.1. The number of amides is 1. The zero-order chi connectivity index (χ0) is 24.2. The van der Waals surface area contributed by atoms with Crippen LogP contribution >= 0.6 is 35.6 Å². The lowest BCUT2D eigenvalue weighted by Gasteiger charge is -2.24. The molecule has 0 atom stereocenters. The first-order valence-electron chi connectivity index (χ1n) is 10.3. The number of nitrogens with zero attached hydrogens (tertiary/aromatic N) is 2. The van der Waals surface area contributed by atoms with E-state index >= 15 is 0 Å². The van der Waals surface area contributed by atoms with Crippen LogP contribution in [0.2, 0.25) is 10.0 Å². The summed E-state index contributed by atoms with van der Waals surface area (Å²) in [6, 6.07) is 12.8. The minimum absolute atomic E-state index is 0. The fourth-order valence-electron chi connectivity index (χ4n) is 3.51. The molecule has 34 heavy (non-hydrogen) atoms. The van der Waals surface area contributed by atoms with Gasteiger partial charge in [-0.1, -0.05) is 47.2 Å². The van der Waals surface area contributed by atoms with Crippen LogP contribution < -0.4 is 11.1 Å². The van der Waals surface area contributed by atoms with E-state index < -0.39 is 5.54 Å². The van der Waals surface area contributed by atoms with E-state index in [0.29, 0.717) is 33.6 Å². The molecule has 9 heteroatoms. The van der Waals surface area contributed by atoms with Crippen LogP contribution in [0, 0.1) is 18.8 Å². The Bertz CT molecular complexity index is 1230. The van der Waals surface area contributed by atoms with Crippen molar-refractivity contribution in [3.8, 4) is 28.8 Å². The second-order valence-corrected chi connectivity index (χ2v) is 9.03. The predicted molar refractivity (Wildman–Crippen MR) is 140 cm³/mol. The highest BCUT2D eigenvalue weighted by Crippen LogP contribution is 2.32. The first-order chi connectivity index (χ1) is 15.7. The normalized spacial score (nSPS) is 10.8. The maximum Gasteiger partial charge on any atom is 0.272 e. The summed E-state index contributed by atoms with van der Waals surface area (Å²) in [7, 11) is 1.59. The quantitative estimate of drug-likeness (QED) is 0.445. The molecule has 1 amide bonds. The van der Waals surface area contributed by atoms with E-state index in [2.05, 4.69) is 22.3 Å². The molecule has 0 spiro atoms. The summed E-state index contributed by atoms with van der Waals surface area (Å²) < 4.78 is 6.90. The average molecular weight is 522 g/mol. The number of hydrogen-bond donors (Lipinski definition) is 2. The molecule has 0 aliphatic heterocycles. The second kappa shape index (κ2) is 11.7. The molecule has 0 radical (unpaired) electrons. The van der Waals surface area contributed by atoms with Crippen LogP contribution in [-0.4, -0.2) is 41.5 Å². The van der Waals surface area contributed by atoms with Gasteiger partial charge in [0.15, 0.2) is 5.69 Å². The van der Waals surface area contributed by atoms with Crippen LogP contribution in [0.1, 0.15) is 35.5 Å². The molecule has 6 nitrogen and oxygen atoms in total. The highest BCUT2D eigenvalue weighted by molar-refractivity contribution is 6.32. The van der Waals surface area contributed by atoms with E-state index in [1.54, 1.807) is 30.0 Å². The van der Waals surface area contributed by atoms with Gasteiger partial charge in [0.05, 0.1) is 35.1 Å².